The SMILES string of the molecule is O=C(CCCCCl)Nc1cccc(C2=C(c3cc(Cl)ccc3OCc3ccc(F)cc3)CCC2)c1. The number of hydrogen-bond acceptors (Lipinski definition) is 2. The first-order chi connectivity index (χ1) is 17.0. The van der Waals surface area contributed by atoms with Crippen molar-refractivity contribution >= 4 is 45.9 Å². The van der Waals surface area contributed by atoms with Crippen LogP contribution in [0.1, 0.15) is 55.2 Å². The van der Waals surface area contributed by atoms with Crippen molar-refractivity contribution in [2.24, 2.45) is 0 Å². The molecule has 0 spiro atoms. The van der Waals surface area contributed by atoms with Gasteiger partial charge in [0.1, 0.15) is 18.2 Å². The van der Waals surface area contributed by atoms with E-state index >= 15 is 0 Å². The van der Waals surface area contributed by atoms with Crippen LogP contribution in [0.15, 0.2) is 66.7 Å². The van der Waals surface area contributed by atoms with Gasteiger partial charge in [-0.1, -0.05) is 35.9 Å². The van der Waals surface area contributed by atoms with Crippen LogP contribution >= 0.6 is 23.2 Å². The maximum atomic E-state index is 13.2. The Balaban J connectivity index is 1.58. The summed E-state index contributed by atoms with van der Waals surface area (Å²) in [5, 5.41) is 3.65. The molecule has 0 aromatic heterocycles. The third-order valence-corrected chi connectivity index (χ3v) is 6.58. The molecule has 0 bridgehead atoms. The fourth-order valence-electron chi connectivity index (χ4n) is 4.35. The van der Waals surface area contributed by atoms with Gasteiger partial charge in [0.25, 0.3) is 0 Å². The molecular formula is C29H28Cl2FNO2. The lowest BCUT2D eigenvalue weighted by Crippen LogP contribution is -2.11. The zero-order valence-electron chi connectivity index (χ0n) is 19.5. The summed E-state index contributed by atoms with van der Waals surface area (Å²) in [7, 11) is 0. The average Bonchev–Trinajstić information content (AvgIpc) is 3.34. The van der Waals surface area contributed by atoms with Crippen LogP contribution < -0.4 is 10.1 Å². The molecule has 1 N–H and O–H groups in total. The van der Waals surface area contributed by atoms with Gasteiger partial charge in [0.05, 0.1) is 0 Å². The molecule has 4 rings (SSSR count). The molecule has 3 nitrogen and oxygen atoms in total. The fourth-order valence-corrected chi connectivity index (χ4v) is 4.71. The van der Waals surface area contributed by atoms with Crippen LogP contribution in [-0.2, 0) is 11.4 Å². The van der Waals surface area contributed by atoms with Crippen molar-refractivity contribution in [3.63, 3.8) is 0 Å². The van der Waals surface area contributed by atoms with E-state index in [1.165, 1.54) is 23.3 Å². The van der Waals surface area contributed by atoms with Gasteiger partial charge in [-0.05, 0) is 96.8 Å². The zero-order chi connectivity index (χ0) is 24.6. The van der Waals surface area contributed by atoms with Crippen molar-refractivity contribution in [1.82, 2.24) is 0 Å². The Kier molecular flexibility index (Phi) is 8.84. The Bertz CT molecular complexity index is 1210. The molecule has 3 aromatic carbocycles. The van der Waals surface area contributed by atoms with E-state index < -0.39 is 0 Å². The minimum atomic E-state index is -0.268. The Hall–Kier alpha value is -2.82. The molecule has 0 aliphatic heterocycles. The number of halogens is 3. The predicted molar refractivity (Wildman–Crippen MR) is 142 cm³/mol. The van der Waals surface area contributed by atoms with Crippen molar-refractivity contribution in [2.75, 3.05) is 11.2 Å². The van der Waals surface area contributed by atoms with E-state index in [-0.39, 0.29) is 11.7 Å². The second kappa shape index (κ2) is 12.2. The monoisotopic (exact) mass is 511 g/mol. The summed E-state index contributed by atoms with van der Waals surface area (Å²) in [6, 6.07) is 20.0. The van der Waals surface area contributed by atoms with Crippen LogP contribution in [0.25, 0.3) is 11.1 Å². The normalized spacial score (nSPS) is 13.2. The van der Waals surface area contributed by atoms with Gasteiger partial charge in [-0.25, -0.2) is 4.39 Å². The quantitative estimate of drug-likeness (QED) is 0.219. The lowest BCUT2D eigenvalue weighted by molar-refractivity contribution is -0.116. The summed E-state index contributed by atoms with van der Waals surface area (Å²) in [4.78, 5) is 12.3. The molecule has 35 heavy (non-hydrogen) atoms. The number of hydrogen-bond donors (Lipinski definition) is 1. The van der Waals surface area contributed by atoms with Crippen LogP contribution in [0.3, 0.4) is 0 Å². The van der Waals surface area contributed by atoms with Gasteiger partial charge < -0.3 is 10.1 Å². The van der Waals surface area contributed by atoms with Crippen LogP contribution in [0.5, 0.6) is 5.75 Å². The standard InChI is InChI=1S/C29H28Cl2FNO2/c30-16-2-1-9-29(34)33-24-6-3-5-21(17-24)25-7-4-8-26(25)27-18-22(31)12-15-28(27)35-19-20-10-13-23(32)14-11-20/h3,5-6,10-15,17-18H,1-2,4,7-9,16,19H2,(H,33,34). The topological polar surface area (TPSA) is 38.3 Å². The van der Waals surface area contributed by atoms with Crippen molar-refractivity contribution in [2.45, 2.75) is 45.1 Å². The molecule has 1 aliphatic carbocycles. The summed E-state index contributed by atoms with van der Waals surface area (Å²) < 4.78 is 19.4. The van der Waals surface area contributed by atoms with Gasteiger partial charge in [0, 0.05) is 28.6 Å². The molecule has 0 atom stereocenters. The van der Waals surface area contributed by atoms with Crippen molar-refractivity contribution in [3.8, 4) is 5.75 Å². The van der Waals surface area contributed by atoms with E-state index in [0.717, 1.165) is 60.2 Å². The molecule has 3 aromatic rings. The van der Waals surface area contributed by atoms with E-state index in [1.807, 2.05) is 36.4 Å². The molecule has 0 unspecified atom stereocenters. The highest BCUT2D eigenvalue weighted by atomic mass is 35.5. The summed E-state index contributed by atoms with van der Waals surface area (Å²) in [6.45, 7) is 0.336. The van der Waals surface area contributed by atoms with Gasteiger partial charge in [0.15, 0.2) is 0 Å². The molecule has 1 aliphatic rings. The van der Waals surface area contributed by atoms with Crippen LogP contribution in [0.4, 0.5) is 10.1 Å². The van der Waals surface area contributed by atoms with Crippen LogP contribution in [-0.4, -0.2) is 11.8 Å². The first kappa shape index (κ1) is 25.3. The van der Waals surface area contributed by atoms with Gasteiger partial charge in [-0.15, -0.1) is 11.6 Å². The van der Waals surface area contributed by atoms with Crippen molar-refractivity contribution < 1.29 is 13.9 Å². The molecular weight excluding hydrogens is 484 g/mol. The zero-order valence-corrected chi connectivity index (χ0v) is 21.0. The minimum absolute atomic E-state index is 0.000729. The molecule has 0 saturated carbocycles. The Labute approximate surface area is 215 Å². The van der Waals surface area contributed by atoms with Gasteiger partial charge in [0.2, 0.25) is 5.91 Å². The number of amides is 1. The maximum Gasteiger partial charge on any atom is 0.224 e. The second-order valence-corrected chi connectivity index (χ2v) is 9.46. The molecule has 182 valence electrons. The predicted octanol–water partition coefficient (Wildman–Crippen LogP) is 8.50. The van der Waals surface area contributed by atoms with E-state index in [2.05, 4.69) is 11.4 Å². The van der Waals surface area contributed by atoms with Gasteiger partial charge in [-0.2, -0.15) is 0 Å². The van der Waals surface area contributed by atoms with Crippen molar-refractivity contribution in [3.05, 3.63) is 94.3 Å². The van der Waals surface area contributed by atoms with Crippen LogP contribution in [0.2, 0.25) is 5.02 Å². The Morgan fingerprint density at radius 3 is 2.57 bits per heavy atom. The lowest BCUT2D eigenvalue weighted by atomic mass is 9.96. The third kappa shape index (κ3) is 6.87. The fraction of sp³-hybridized carbons (Fsp3) is 0.276. The molecule has 0 fully saturated rings. The molecule has 0 radical (unpaired) electrons. The summed E-state index contributed by atoms with van der Waals surface area (Å²) in [6.07, 6.45) is 4.95. The number of unbranched alkanes of at least 4 members (excludes halogenated alkanes) is 1. The van der Waals surface area contributed by atoms with E-state index in [9.17, 15) is 9.18 Å². The summed E-state index contributed by atoms with van der Waals surface area (Å²) >= 11 is 12.1. The number of ether oxygens (including phenoxy) is 1. The van der Waals surface area contributed by atoms with Gasteiger partial charge >= 0.3 is 0 Å². The van der Waals surface area contributed by atoms with E-state index in [0.29, 0.717) is 23.9 Å². The Morgan fingerprint density at radius 2 is 1.77 bits per heavy atom. The smallest absolute Gasteiger partial charge is 0.224 e. The summed E-state index contributed by atoms with van der Waals surface area (Å²) in [5.74, 6) is 1.05. The Morgan fingerprint density at radius 1 is 0.971 bits per heavy atom. The number of carbonyl (C=O) groups excluding carboxylic acids is 1. The molecule has 0 heterocycles. The van der Waals surface area contributed by atoms with E-state index in [4.69, 9.17) is 27.9 Å². The number of alkyl halides is 1. The van der Waals surface area contributed by atoms with E-state index in [1.54, 1.807) is 12.1 Å². The number of anilines is 1. The first-order valence-corrected chi connectivity index (χ1v) is 12.8. The molecule has 1 amide bonds. The number of benzene rings is 3. The molecule has 0 saturated heterocycles. The molecule has 6 heteroatoms. The van der Waals surface area contributed by atoms with Crippen molar-refractivity contribution in [1.29, 1.82) is 0 Å². The number of carbonyl (C=O) groups is 1. The highest BCUT2D eigenvalue weighted by molar-refractivity contribution is 6.30. The van der Waals surface area contributed by atoms with Crippen LogP contribution in [0, 0.1) is 5.82 Å². The highest BCUT2D eigenvalue weighted by Crippen LogP contribution is 2.44. The third-order valence-electron chi connectivity index (χ3n) is 6.07. The number of allylic oxidation sites excluding steroid dienone is 2. The summed E-state index contributed by atoms with van der Waals surface area (Å²) in [5.41, 5.74) is 6.17. The highest BCUT2D eigenvalue weighted by Gasteiger charge is 2.21. The first-order valence-electron chi connectivity index (χ1n) is 11.9. The maximum absolute atomic E-state index is 13.2. The lowest BCUT2D eigenvalue weighted by Gasteiger charge is -2.16. The largest absolute Gasteiger partial charge is 0.488 e. The average molecular weight is 512 g/mol. The second-order valence-electron chi connectivity index (χ2n) is 8.64. The van der Waals surface area contributed by atoms with Gasteiger partial charge in [-0.3, -0.25) is 4.79 Å². The number of nitrogens with one attached hydrogen (secondary N) is 1. The minimum Gasteiger partial charge on any atom is -0.488 e. The number of rotatable bonds is 10.